The highest BCUT2D eigenvalue weighted by atomic mass is 16.4. The van der Waals surface area contributed by atoms with E-state index in [1.807, 2.05) is 30.3 Å². The van der Waals surface area contributed by atoms with Gasteiger partial charge >= 0.3 is 0 Å². The molecular weight excluding hydrogens is 328 g/mol. The Bertz CT molecular complexity index is 1170. The molecular formula is C22H18O4. The van der Waals surface area contributed by atoms with Gasteiger partial charge in [0.25, 0.3) is 0 Å². The first-order valence-electron chi connectivity index (χ1n) is 8.66. The summed E-state index contributed by atoms with van der Waals surface area (Å²) in [5, 5.41) is 47.1. The van der Waals surface area contributed by atoms with E-state index in [1.54, 1.807) is 6.07 Å². The van der Waals surface area contributed by atoms with Gasteiger partial charge in [0.2, 0.25) is 0 Å². The van der Waals surface area contributed by atoms with Crippen LogP contribution in [0.3, 0.4) is 0 Å². The minimum absolute atomic E-state index is 0.461. The van der Waals surface area contributed by atoms with Gasteiger partial charge in [0.05, 0.1) is 0 Å². The van der Waals surface area contributed by atoms with Gasteiger partial charge in [-0.25, -0.2) is 0 Å². The number of aliphatic hydroxyl groups is 4. The molecule has 0 saturated heterocycles. The zero-order chi connectivity index (χ0) is 18.0. The van der Waals surface area contributed by atoms with Gasteiger partial charge < -0.3 is 20.4 Å². The zero-order valence-corrected chi connectivity index (χ0v) is 13.9. The molecule has 0 aromatic heterocycles. The molecule has 4 aromatic carbocycles. The molecule has 5 rings (SSSR count). The Morgan fingerprint density at radius 2 is 1.15 bits per heavy atom. The van der Waals surface area contributed by atoms with E-state index < -0.39 is 24.4 Å². The number of benzene rings is 4. The van der Waals surface area contributed by atoms with Crippen LogP contribution in [0, 0.1) is 0 Å². The standard InChI is InChI=1S/C22H18O4/c23-19-15-8-7-13-9-16-12(6-5-11-3-1-2-4-14(11)16)10-17(13)18(15)20(24)22(26)21(19)25/h1-10,19-26H/t19-,20+,21+,22+/m0/s1. The van der Waals surface area contributed by atoms with E-state index in [9.17, 15) is 20.4 Å². The predicted molar refractivity (Wildman–Crippen MR) is 101 cm³/mol. The van der Waals surface area contributed by atoms with Crippen LogP contribution in [-0.4, -0.2) is 32.6 Å². The Morgan fingerprint density at radius 1 is 0.538 bits per heavy atom. The van der Waals surface area contributed by atoms with Crippen molar-refractivity contribution in [2.24, 2.45) is 0 Å². The van der Waals surface area contributed by atoms with Gasteiger partial charge in [-0.3, -0.25) is 0 Å². The van der Waals surface area contributed by atoms with E-state index in [-0.39, 0.29) is 0 Å². The summed E-state index contributed by atoms with van der Waals surface area (Å²) in [7, 11) is 0. The molecule has 0 fully saturated rings. The molecule has 26 heavy (non-hydrogen) atoms. The lowest BCUT2D eigenvalue weighted by atomic mass is 9.80. The molecule has 4 aromatic rings. The second-order valence-corrected chi connectivity index (χ2v) is 7.02. The molecule has 0 unspecified atom stereocenters. The molecule has 0 amide bonds. The second-order valence-electron chi connectivity index (χ2n) is 7.02. The van der Waals surface area contributed by atoms with E-state index in [2.05, 4.69) is 24.3 Å². The summed E-state index contributed by atoms with van der Waals surface area (Å²) in [6.45, 7) is 0. The van der Waals surface area contributed by atoms with Gasteiger partial charge in [0.1, 0.15) is 24.4 Å². The highest BCUT2D eigenvalue weighted by molar-refractivity contribution is 6.12. The maximum absolute atomic E-state index is 10.5. The van der Waals surface area contributed by atoms with Crippen LogP contribution >= 0.6 is 0 Å². The average molecular weight is 346 g/mol. The maximum atomic E-state index is 10.5. The monoisotopic (exact) mass is 346 g/mol. The van der Waals surface area contributed by atoms with Crippen LogP contribution in [-0.2, 0) is 0 Å². The van der Waals surface area contributed by atoms with Crippen molar-refractivity contribution in [2.75, 3.05) is 0 Å². The minimum Gasteiger partial charge on any atom is -0.387 e. The SMILES string of the molecule is O[C@H]1[C@H](O)[C@@H](O)c2ccc3cc4c(ccc5ccccc54)cc3c2[C@H]1O. The van der Waals surface area contributed by atoms with E-state index in [4.69, 9.17) is 0 Å². The van der Waals surface area contributed by atoms with E-state index in [0.717, 1.165) is 32.3 Å². The summed E-state index contributed by atoms with van der Waals surface area (Å²) < 4.78 is 0. The first-order chi connectivity index (χ1) is 12.6. The summed E-state index contributed by atoms with van der Waals surface area (Å²) in [5.41, 5.74) is 0.950. The molecule has 0 spiro atoms. The lowest BCUT2D eigenvalue weighted by molar-refractivity contribution is -0.119. The Balaban J connectivity index is 1.88. The van der Waals surface area contributed by atoms with Crippen LogP contribution in [0.2, 0.25) is 0 Å². The lowest BCUT2D eigenvalue weighted by Crippen LogP contribution is -2.41. The van der Waals surface area contributed by atoms with Crippen LogP contribution in [0.15, 0.2) is 60.7 Å². The molecule has 4 N–H and O–H groups in total. The fraction of sp³-hybridized carbons (Fsp3) is 0.182. The summed E-state index contributed by atoms with van der Waals surface area (Å²) in [4.78, 5) is 0. The predicted octanol–water partition coefficient (Wildman–Crippen LogP) is 2.95. The van der Waals surface area contributed by atoms with Crippen molar-refractivity contribution in [3.63, 3.8) is 0 Å². The molecule has 4 nitrogen and oxygen atoms in total. The topological polar surface area (TPSA) is 80.9 Å². The first kappa shape index (κ1) is 15.7. The molecule has 0 aliphatic heterocycles. The van der Waals surface area contributed by atoms with Crippen molar-refractivity contribution in [1.82, 2.24) is 0 Å². The minimum atomic E-state index is -1.42. The van der Waals surface area contributed by atoms with Crippen molar-refractivity contribution >= 4 is 32.3 Å². The van der Waals surface area contributed by atoms with Crippen LogP contribution in [0.25, 0.3) is 32.3 Å². The highest BCUT2D eigenvalue weighted by Gasteiger charge is 2.40. The Kier molecular flexibility index (Phi) is 3.33. The van der Waals surface area contributed by atoms with Crippen LogP contribution < -0.4 is 0 Å². The van der Waals surface area contributed by atoms with E-state index >= 15 is 0 Å². The number of fused-ring (bicyclic) bond motifs is 6. The normalized spacial score (nSPS) is 25.7. The molecule has 130 valence electrons. The number of hydrogen-bond acceptors (Lipinski definition) is 4. The first-order valence-corrected chi connectivity index (χ1v) is 8.66. The average Bonchev–Trinajstić information content (AvgIpc) is 2.68. The molecule has 1 aliphatic rings. The van der Waals surface area contributed by atoms with Crippen molar-refractivity contribution in [1.29, 1.82) is 0 Å². The van der Waals surface area contributed by atoms with Crippen molar-refractivity contribution in [3.8, 4) is 0 Å². The fourth-order valence-electron chi connectivity index (χ4n) is 4.18. The van der Waals surface area contributed by atoms with E-state index in [0.29, 0.717) is 11.1 Å². The molecule has 0 bridgehead atoms. The summed E-state index contributed by atoms with van der Waals surface area (Å²) in [6.07, 6.45) is -5.29. The number of hydrogen-bond donors (Lipinski definition) is 4. The van der Waals surface area contributed by atoms with Gasteiger partial charge in [-0.2, -0.15) is 0 Å². The summed E-state index contributed by atoms with van der Waals surface area (Å²) >= 11 is 0. The third kappa shape index (κ3) is 2.04. The van der Waals surface area contributed by atoms with Gasteiger partial charge in [-0.15, -0.1) is 0 Å². The number of aliphatic hydroxyl groups excluding tert-OH is 4. The smallest absolute Gasteiger partial charge is 0.113 e. The highest BCUT2D eigenvalue weighted by Crippen LogP contribution is 2.42. The fourth-order valence-corrected chi connectivity index (χ4v) is 4.18. The summed E-state index contributed by atoms with van der Waals surface area (Å²) in [5.74, 6) is 0. The summed E-state index contributed by atoms with van der Waals surface area (Å²) in [6, 6.07) is 19.9. The van der Waals surface area contributed by atoms with Crippen molar-refractivity contribution in [3.05, 3.63) is 71.8 Å². The Labute approximate surface area is 149 Å². The molecule has 4 heteroatoms. The maximum Gasteiger partial charge on any atom is 0.113 e. The molecule has 0 radical (unpaired) electrons. The van der Waals surface area contributed by atoms with Gasteiger partial charge in [0.15, 0.2) is 0 Å². The van der Waals surface area contributed by atoms with Gasteiger partial charge in [-0.05, 0) is 55.6 Å². The molecule has 0 saturated carbocycles. The van der Waals surface area contributed by atoms with E-state index in [1.165, 1.54) is 0 Å². The van der Waals surface area contributed by atoms with Crippen LogP contribution in [0.1, 0.15) is 23.3 Å². The Morgan fingerprint density at radius 3 is 2.00 bits per heavy atom. The van der Waals surface area contributed by atoms with Gasteiger partial charge in [-0.1, -0.05) is 48.5 Å². The quantitative estimate of drug-likeness (QED) is 0.291. The van der Waals surface area contributed by atoms with Crippen molar-refractivity contribution in [2.45, 2.75) is 24.4 Å². The molecule has 1 aliphatic carbocycles. The molecule has 0 heterocycles. The lowest BCUT2D eigenvalue weighted by Gasteiger charge is -2.35. The van der Waals surface area contributed by atoms with Crippen molar-refractivity contribution < 1.29 is 20.4 Å². The third-order valence-corrected chi connectivity index (χ3v) is 5.57. The molecule has 4 atom stereocenters. The number of rotatable bonds is 0. The van der Waals surface area contributed by atoms with Gasteiger partial charge in [0, 0.05) is 0 Å². The third-order valence-electron chi connectivity index (χ3n) is 5.57. The largest absolute Gasteiger partial charge is 0.387 e. The zero-order valence-electron chi connectivity index (χ0n) is 13.9. The van der Waals surface area contributed by atoms with Crippen LogP contribution in [0.5, 0.6) is 0 Å². The Hall–Kier alpha value is -2.50. The van der Waals surface area contributed by atoms with Crippen LogP contribution in [0.4, 0.5) is 0 Å². The second kappa shape index (κ2) is 5.50.